The van der Waals surface area contributed by atoms with Crippen molar-refractivity contribution in [3.8, 4) is 11.5 Å². The molecule has 1 N–H and O–H groups in total. The van der Waals surface area contributed by atoms with E-state index >= 15 is 0 Å². The third-order valence-corrected chi connectivity index (χ3v) is 4.13. The van der Waals surface area contributed by atoms with Crippen molar-refractivity contribution in [3.63, 3.8) is 0 Å². The number of amides is 1. The van der Waals surface area contributed by atoms with E-state index in [9.17, 15) is 9.18 Å². The molecule has 1 aromatic heterocycles. The fourth-order valence-corrected chi connectivity index (χ4v) is 2.79. The molecule has 4 rings (SSSR count). The summed E-state index contributed by atoms with van der Waals surface area (Å²) in [4.78, 5) is 15.9. The molecule has 1 amide bonds. The molecule has 0 saturated heterocycles. The topological polar surface area (TPSA) is 60.5 Å². The molecule has 1 saturated carbocycles. The molecule has 0 atom stereocenters. The van der Waals surface area contributed by atoms with Gasteiger partial charge in [-0.2, -0.15) is 0 Å². The van der Waals surface area contributed by atoms with E-state index in [1.54, 1.807) is 6.07 Å². The maximum absolute atomic E-state index is 13.6. The van der Waals surface area contributed by atoms with Crippen molar-refractivity contribution >= 4 is 32.6 Å². The highest BCUT2D eigenvalue weighted by molar-refractivity contribution is 7.22. The molecule has 1 aromatic carbocycles. The molecule has 0 bridgehead atoms. The number of benzene rings is 1. The van der Waals surface area contributed by atoms with E-state index in [1.165, 1.54) is 11.3 Å². The number of anilines is 1. The second kappa shape index (κ2) is 3.57. The summed E-state index contributed by atoms with van der Waals surface area (Å²) in [5.41, 5.74) is -0.987. The number of carbonyl (C=O) groups excluding carboxylic acids is 1. The summed E-state index contributed by atoms with van der Waals surface area (Å²) >= 11 is 1.29. The van der Waals surface area contributed by atoms with Gasteiger partial charge in [0.1, 0.15) is 0 Å². The minimum atomic E-state index is -1.69. The lowest BCUT2D eigenvalue weighted by Crippen LogP contribution is -2.25. The molecule has 0 spiro atoms. The van der Waals surface area contributed by atoms with Gasteiger partial charge in [-0.3, -0.25) is 10.1 Å². The molecule has 2 aromatic rings. The molecule has 0 unspecified atom stereocenters. The van der Waals surface area contributed by atoms with Gasteiger partial charge in [0.25, 0.3) is 5.91 Å². The minimum Gasteiger partial charge on any atom is -0.454 e. The highest BCUT2D eigenvalue weighted by atomic mass is 32.1. The van der Waals surface area contributed by atoms with Crippen LogP contribution < -0.4 is 14.8 Å². The van der Waals surface area contributed by atoms with Crippen LogP contribution in [0.1, 0.15) is 12.8 Å². The van der Waals surface area contributed by atoms with E-state index < -0.39 is 11.6 Å². The first-order chi connectivity index (χ1) is 9.14. The molecule has 7 heteroatoms. The second-order valence-electron chi connectivity index (χ2n) is 4.61. The smallest absolute Gasteiger partial charge is 0.263 e. The molecule has 2 heterocycles. The van der Waals surface area contributed by atoms with Crippen LogP contribution in [0.15, 0.2) is 12.1 Å². The van der Waals surface area contributed by atoms with Crippen LogP contribution in [-0.2, 0) is 4.79 Å². The number of nitrogens with zero attached hydrogens (tertiary/aromatic N) is 1. The van der Waals surface area contributed by atoms with Gasteiger partial charge in [0.05, 0.1) is 10.2 Å². The Morgan fingerprint density at radius 1 is 1.37 bits per heavy atom. The van der Waals surface area contributed by atoms with Crippen LogP contribution >= 0.6 is 11.3 Å². The quantitative estimate of drug-likeness (QED) is 0.918. The first kappa shape index (κ1) is 11.0. The Balaban J connectivity index is 1.67. The number of aromatic nitrogens is 1. The Labute approximate surface area is 111 Å². The molecule has 19 heavy (non-hydrogen) atoms. The van der Waals surface area contributed by atoms with Crippen LogP contribution in [0.4, 0.5) is 9.52 Å². The molecular weight excluding hydrogens is 271 g/mol. The molecule has 1 fully saturated rings. The zero-order valence-electron chi connectivity index (χ0n) is 9.73. The van der Waals surface area contributed by atoms with E-state index in [1.807, 2.05) is 6.07 Å². The average Bonchev–Trinajstić information content (AvgIpc) is 2.83. The zero-order chi connectivity index (χ0) is 13.0. The van der Waals surface area contributed by atoms with E-state index in [0.29, 0.717) is 35.0 Å². The summed E-state index contributed by atoms with van der Waals surface area (Å²) in [5, 5.41) is 2.92. The standard InChI is InChI=1S/C12H9FN2O3S/c13-12(1-2-12)10(16)15-11-14-6-3-7-8(18-5-17-7)4-9(6)19-11/h3-4H,1-2,5H2,(H,14,15,16). The number of alkyl halides is 1. The summed E-state index contributed by atoms with van der Waals surface area (Å²) in [7, 11) is 0. The Kier molecular flexibility index (Phi) is 2.06. The van der Waals surface area contributed by atoms with Gasteiger partial charge in [0, 0.05) is 12.1 Å². The molecule has 98 valence electrons. The van der Waals surface area contributed by atoms with Crippen molar-refractivity contribution in [3.05, 3.63) is 12.1 Å². The first-order valence-corrected chi connectivity index (χ1v) is 6.66. The van der Waals surface area contributed by atoms with Crippen LogP contribution in [0.3, 0.4) is 0 Å². The predicted octanol–water partition coefficient (Wildman–Crippen LogP) is 2.47. The van der Waals surface area contributed by atoms with Gasteiger partial charge in [-0.1, -0.05) is 11.3 Å². The van der Waals surface area contributed by atoms with E-state index in [0.717, 1.165) is 4.70 Å². The van der Waals surface area contributed by atoms with Crippen LogP contribution in [0.2, 0.25) is 0 Å². The second-order valence-corrected chi connectivity index (χ2v) is 5.64. The predicted molar refractivity (Wildman–Crippen MR) is 67.4 cm³/mol. The van der Waals surface area contributed by atoms with Crippen molar-refractivity contribution in [1.82, 2.24) is 4.98 Å². The number of fused-ring (bicyclic) bond motifs is 2. The Morgan fingerprint density at radius 2 is 2.11 bits per heavy atom. The first-order valence-electron chi connectivity index (χ1n) is 5.85. The molecular formula is C12H9FN2O3S. The summed E-state index contributed by atoms with van der Waals surface area (Å²) < 4.78 is 24.9. The fourth-order valence-electron chi connectivity index (χ4n) is 1.92. The highest BCUT2D eigenvalue weighted by Crippen LogP contribution is 2.42. The number of carbonyl (C=O) groups is 1. The van der Waals surface area contributed by atoms with E-state index in [2.05, 4.69) is 10.3 Å². The average molecular weight is 280 g/mol. The number of halogens is 1. The number of hydrogen-bond acceptors (Lipinski definition) is 5. The van der Waals surface area contributed by atoms with E-state index in [-0.39, 0.29) is 6.79 Å². The van der Waals surface area contributed by atoms with Crippen molar-refractivity contribution in [2.75, 3.05) is 12.1 Å². The van der Waals surface area contributed by atoms with Crippen LogP contribution in [0, 0.1) is 0 Å². The molecule has 2 aliphatic rings. The molecule has 1 aliphatic carbocycles. The lowest BCUT2D eigenvalue weighted by atomic mass is 10.3. The molecule has 1 aliphatic heterocycles. The number of thiazole rings is 1. The van der Waals surface area contributed by atoms with Crippen molar-refractivity contribution in [2.24, 2.45) is 0 Å². The third kappa shape index (κ3) is 1.73. The number of hydrogen-bond donors (Lipinski definition) is 1. The number of nitrogens with one attached hydrogen (secondary N) is 1. The molecule has 0 radical (unpaired) electrons. The number of rotatable bonds is 2. The van der Waals surface area contributed by atoms with E-state index in [4.69, 9.17) is 9.47 Å². The van der Waals surface area contributed by atoms with Gasteiger partial charge >= 0.3 is 0 Å². The third-order valence-electron chi connectivity index (χ3n) is 3.20. The SMILES string of the molecule is O=C(Nc1nc2cc3c(cc2s1)OCO3)C1(F)CC1. The van der Waals surface area contributed by atoms with Gasteiger partial charge in [-0.15, -0.1) is 0 Å². The Bertz CT molecular complexity index is 655. The molecule has 5 nitrogen and oxygen atoms in total. The van der Waals surface area contributed by atoms with Crippen molar-refractivity contribution in [1.29, 1.82) is 0 Å². The summed E-state index contributed by atoms with van der Waals surface area (Å²) in [5.74, 6) is 0.699. The van der Waals surface area contributed by atoms with Gasteiger partial charge < -0.3 is 9.47 Å². The largest absolute Gasteiger partial charge is 0.454 e. The Hall–Kier alpha value is -1.89. The van der Waals surface area contributed by atoms with Crippen LogP contribution in [0.5, 0.6) is 11.5 Å². The lowest BCUT2D eigenvalue weighted by molar-refractivity contribution is -0.122. The monoisotopic (exact) mass is 280 g/mol. The fraction of sp³-hybridized carbons (Fsp3) is 0.333. The zero-order valence-corrected chi connectivity index (χ0v) is 10.6. The van der Waals surface area contributed by atoms with Gasteiger partial charge in [-0.25, -0.2) is 9.37 Å². The lowest BCUT2D eigenvalue weighted by Gasteiger charge is -2.02. The number of ether oxygens (including phenoxy) is 2. The minimum absolute atomic E-state index is 0.209. The highest BCUT2D eigenvalue weighted by Gasteiger charge is 2.51. The summed E-state index contributed by atoms with van der Waals surface area (Å²) in [6.45, 7) is 0.209. The Morgan fingerprint density at radius 3 is 2.84 bits per heavy atom. The van der Waals surface area contributed by atoms with Crippen molar-refractivity contribution < 1.29 is 18.7 Å². The normalized spacial score (nSPS) is 18.6. The maximum Gasteiger partial charge on any atom is 0.263 e. The van der Waals surface area contributed by atoms with Gasteiger partial charge in [0.2, 0.25) is 6.79 Å². The summed E-state index contributed by atoms with van der Waals surface area (Å²) in [6.07, 6.45) is 0.583. The van der Waals surface area contributed by atoms with Gasteiger partial charge in [-0.05, 0) is 12.8 Å². The van der Waals surface area contributed by atoms with Crippen LogP contribution in [0.25, 0.3) is 10.2 Å². The van der Waals surface area contributed by atoms with Crippen molar-refractivity contribution in [2.45, 2.75) is 18.5 Å². The summed E-state index contributed by atoms with van der Waals surface area (Å²) in [6, 6.07) is 3.57. The van der Waals surface area contributed by atoms with Crippen LogP contribution in [-0.4, -0.2) is 23.4 Å². The maximum atomic E-state index is 13.6. The van der Waals surface area contributed by atoms with Gasteiger partial charge in [0.15, 0.2) is 22.3 Å².